The molecule has 0 aromatic rings. The van der Waals surface area contributed by atoms with Crippen LogP contribution in [0.1, 0.15) is 226 Å². The summed E-state index contributed by atoms with van der Waals surface area (Å²) in [6.07, 6.45) is 36.6. The fourth-order valence-corrected chi connectivity index (χ4v) is 9.24. The van der Waals surface area contributed by atoms with Crippen molar-refractivity contribution in [2.45, 2.75) is 293 Å². The molecule has 2 fully saturated rings. The highest BCUT2D eigenvalue weighted by Gasteiger charge is 2.47. The standard InChI is InChI=1S/C58H106O14/c1-3-5-7-9-11-13-15-17-18-19-20-21-22-23-24-25-26-27-28-30-32-34-36-38-40-42-67-44-47(70-50(60)41-39-37-35-33-31-29-16-14-12-10-8-6-4-2)45-68-57-56(66)54(64)52(62)49(72-57)46-69-58-55(65)53(63)51(61)48(43-59)71-58/h6,8,12,14,29,31,47-49,51-59,61-66H,3-5,7,9-11,13,15-28,30,32-46H2,1-2H3/b8-6-,14-12-,31-29-. The van der Waals surface area contributed by atoms with Gasteiger partial charge in [0.05, 0.1) is 26.4 Å². The van der Waals surface area contributed by atoms with Crippen LogP contribution in [0.3, 0.4) is 0 Å². The summed E-state index contributed by atoms with van der Waals surface area (Å²) in [7, 11) is 0. The second-order valence-corrected chi connectivity index (χ2v) is 20.4. The fraction of sp³-hybridized carbons (Fsp3) is 0.879. The predicted molar refractivity (Wildman–Crippen MR) is 284 cm³/mol. The molecule has 0 amide bonds. The Morgan fingerprint density at radius 2 is 0.903 bits per heavy atom. The molecule has 14 heteroatoms. The number of rotatable bonds is 47. The summed E-state index contributed by atoms with van der Waals surface area (Å²) >= 11 is 0. The number of ether oxygens (including phenoxy) is 6. The highest BCUT2D eigenvalue weighted by Crippen LogP contribution is 2.27. The van der Waals surface area contributed by atoms with Gasteiger partial charge >= 0.3 is 5.97 Å². The van der Waals surface area contributed by atoms with Gasteiger partial charge in [0, 0.05) is 13.0 Å². The van der Waals surface area contributed by atoms with E-state index in [1.165, 1.54) is 141 Å². The Morgan fingerprint density at radius 3 is 1.40 bits per heavy atom. The van der Waals surface area contributed by atoms with Crippen molar-refractivity contribution in [3.8, 4) is 0 Å². The number of hydrogen-bond donors (Lipinski definition) is 7. The van der Waals surface area contributed by atoms with E-state index in [0.717, 1.165) is 57.8 Å². The molecule has 11 unspecified atom stereocenters. The SMILES string of the molecule is CC/C=C\C/C=C\C/C=C\CCCCCC(=O)OC(COCCCCCCCCCCCCCCCCCCCCCCCCCCC)COC1OC(COC2OC(CO)C(O)C(O)C2O)C(O)C(O)C1O. The van der Waals surface area contributed by atoms with Gasteiger partial charge in [-0.3, -0.25) is 4.79 Å². The van der Waals surface area contributed by atoms with Gasteiger partial charge in [0.15, 0.2) is 12.6 Å². The van der Waals surface area contributed by atoms with Crippen LogP contribution in [0, 0.1) is 0 Å². The van der Waals surface area contributed by atoms with E-state index < -0.39 is 86.7 Å². The normalized spacial score (nSPS) is 25.3. The molecule has 0 saturated carbocycles. The summed E-state index contributed by atoms with van der Waals surface area (Å²) < 4.78 is 34.3. The largest absolute Gasteiger partial charge is 0.457 e. The fourth-order valence-electron chi connectivity index (χ4n) is 9.24. The summed E-state index contributed by atoms with van der Waals surface area (Å²) in [5.41, 5.74) is 0. The van der Waals surface area contributed by atoms with E-state index in [2.05, 4.69) is 50.3 Å². The van der Waals surface area contributed by atoms with Gasteiger partial charge in [-0.25, -0.2) is 0 Å². The first-order chi connectivity index (χ1) is 35.1. The topological polar surface area (TPSA) is 214 Å². The van der Waals surface area contributed by atoms with Gasteiger partial charge in [-0.15, -0.1) is 0 Å². The molecule has 0 bridgehead atoms. The third-order valence-corrected chi connectivity index (χ3v) is 13.9. The lowest BCUT2D eigenvalue weighted by Gasteiger charge is -2.42. The molecule has 11 atom stereocenters. The van der Waals surface area contributed by atoms with Crippen molar-refractivity contribution in [2.24, 2.45) is 0 Å². The molecule has 0 aliphatic carbocycles. The number of carbonyl (C=O) groups excluding carboxylic acids is 1. The van der Waals surface area contributed by atoms with E-state index in [0.29, 0.717) is 13.0 Å². The highest BCUT2D eigenvalue weighted by molar-refractivity contribution is 5.69. The van der Waals surface area contributed by atoms with Crippen molar-refractivity contribution in [1.82, 2.24) is 0 Å². The van der Waals surface area contributed by atoms with Gasteiger partial charge in [-0.05, 0) is 44.9 Å². The van der Waals surface area contributed by atoms with E-state index in [1.54, 1.807) is 0 Å². The molecule has 0 spiro atoms. The van der Waals surface area contributed by atoms with Crippen LogP contribution in [0.4, 0.5) is 0 Å². The van der Waals surface area contributed by atoms with E-state index in [-0.39, 0.29) is 19.6 Å². The van der Waals surface area contributed by atoms with Crippen LogP contribution in [0.15, 0.2) is 36.5 Å². The molecule has 0 aromatic heterocycles. The Morgan fingerprint density at radius 1 is 0.472 bits per heavy atom. The van der Waals surface area contributed by atoms with Gasteiger partial charge < -0.3 is 64.2 Å². The molecule has 7 N–H and O–H groups in total. The van der Waals surface area contributed by atoms with Crippen molar-refractivity contribution in [3.05, 3.63) is 36.5 Å². The average Bonchev–Trinajstić information content (AvgIpc) is 3.38. The summed E-state index contributed by atoms with van der Waals surface area (Å²) in [5.74, 6) is -0.401. The summed E-state index contributed by atoms with van der Waals surface area (Å²) in [5, 5.41) is 72.2. The Hall–Kier alpha value is -1.79. The minimum Gasteiger partial charge on any atom is -0.457 e. The third kappa shape index (κ3) is 31.9. The number of carbonyl (C=O) groups is 1. The number of aliphatic hydroxyl groups is 7. The average molecular weight is 1030 g/mol. The predicted octanol–water partition coefficient (Wildman–Crippen LogP) is 10.1. The molecule has 2 heterocycles. The molecule has 72 heavy (non-hydrogen) atoms. The third-order valence-electron chi connectivity index (χ3n) is 13.9. The Kier molecular flexibility index (Phi) is 41.8. The van der Waals surface area contributed by atoms with Crippen LogP contribution in [-0.4, -0.2) is 142 Å². The molecule has 2 rings (SSSR count). The van der Waals surface area contributed by atoms with Crippen LogP contribution < -0.4 is 0 Å². The quantitative estimate of drug-likeness (QED) is 0.0172. The Balaban J connectivity index is 1.67. The van der Waals surface area contributed by atoms with Crippen LogP contribution in [0.5, 0.6) is 0 Å². The first kappa shape index (κ1) is 66.3. The molecule has 422 valence electrons. The zero-order valence-electron chi connectivity index (χ0n) is 45.2. The van der Waals surface area contributed by atoms with Crippen LogP contribution in [0.25, 0.3) is 0 Å². The molecule has 14 nitrogen and oxygen atoms in total. The number of aliphatic hydroxyl groups excluding tert-OH is 7. The van der Waals surface area contributed by atoms with Crippen molar-refractivity contribution >= 4 is 5.97 Å². The molecule has 0 radical (unpaired) electrons. The van der Waals surface area contributed by atoms with Crippen molar-refractivity contribution in [1.29, 1.82) is 0 Å². The zero-order chi connectivity index (χ0) is 52.3. The van der Waals surface area contributed by atoms with Crippen molar-refractivity contribution < 1.29 is 69.0 Å². The van der Waals surface area contributed by atoms with Crippen molar-refractivity contribution in [3.63, 3.8) is 0 Å². The summed E-state index contributed by atoms with van der Waals surface area (Å²) in [4.78, 5) is 13.0. The van der Waals surface area contributed by atoms with Gasteiger partial charge in [0.2, 0.25) is 0 Å². The number of hydrogen-bond acceptors (Lipinski definition) is 14. The minimum atomic E-state index is -1.71. The Labute approximate surface area is 436 Å². The molecule has 2 saturated heterocycles. The highest BCUT2D eigenvalue weighted by atomic mass is 16.7. The van der Waals surface area contributed by atoms with Crippen LogP contribution >= 0.6 is 0 Å². The summed E-state index contributed by atoms with van der Waals surface area (Å²) in [6.45, 7) is 3.57. The van der Waals surface area contributed by atoms with Gasteiger partial charge in [-0.2, -0.15) is 0 Å². The number of unbranched alkanes of at least 4 members (excludes halogenated alkanes) is 27. The first-order valence-corrected chi connectivity index (χ1v) is 29.1. The van der Waals surface area contributed by atoms with Gasteiger partial charge in [0.25, 0.3) is 0 Å². The molecular formula is C58H106O14. The molecular weight excluding hydrogens is 921 g/mol. The van der Waals surface area contributed by atoms with E-state index >= 15 is 0 Å². The van der Waals surface area contributed by atoms with E-state index in [1.807, 2.05) is 0 Å². The van der Waals surface area contributed by atoms with Gasteiger partial charge in [-0.1, -0.05) is 211 Å². The number of allylic oxidation sites excluding steroid dienone is 6. The lowest BCUT2D eigenvalue weighted by atomic mass is 9.98. The first-order valence-electron chi connectivity index (χ1n) is 29.1. The molecule has 2 aliphatic rings. The minimum absolute atomic E-state index is 0.0525. The van der Waals surface area contributed by atoms with Crippen LogP contribution in [0.2, 0.25) is 0 Å². The molecule has 0 aromatic carbocycles. The second-order valence-electron chi connectivity index (χ2n) is 20.4. The monoisotopic (exact) mass is 1030 g/mol. The second kappa shape index (κ2) is 45.4. The lowest BCUT2D eigenvalue weighted by Crippen LogP contribution is -2.61. The maximum Gasteiger partial charge on any atom is 0.306 e. The van der Waals surface area contributed by atoms with Crippen LogP contribution in [-0.2, 0) is 33.2 Å². The van der Waals surface area contributed by atoms with Crippen molar-refractivity contribution in [2.75, 3.05) is 33.0 Å². The zero-order valence-corrected chi connectivity index (χ0v) is 45.2. The Bertz CT molecular complexity index is 1330. The molecule has 2 aliphatic heterocycles. The maximum absolute atomic E-state index is 13.0. The lowest BCUT2D eigenvalue weighted by molar-refractivity contribution is -0.332. The summed E-state index contributed by atoms with van der Waals surface area (Å²) in [6, 6.07) is 0. The van der Waals surface area contributed by atoms with E-state index in [9.17, 15) is 40.5 Å². The maximum atomic E-state index is 13.0. The smallest absolute Gasteiger partial charge is 0.306 e. The van der Waals surface area contributed by atoms with Gasteiger partial charge in [0.1, 0.15) is 54.9 Å². The van der Waals surface area contributed by atoms with E-state index in [4.69, 9.17) is 28.4 Å². The number of esters is 1.